The maximum Gasteiger partial charge on any atom is 0.250 e. The Morgan fingerprint density at radius 1 is 1.64 bits per heavy atom. The van der Waals surface area contributed by atoms with Gasteiger partial charge in [-0.25, -0.2) is 13.1 Å². The molecular weight excluding hydrogens is 246 g/mol. The predicted octanol–water partition coefficient (Wildman–Crippen LogP) is 1.06. The number of hydrogen-bond acceptors (Lipinski definition) is 4. The Labute approximate surface area is 91.6 Å². The quantitative estimate of drug-likeness (QED) is 0.846. The second kappa shape index (κ2) is 4.59. The third-order valence-corrected chi connectivity index (χ3v) is 4.76. The Kier molecular flexibility index (Phi) is 3.91. The molecule has 0 fully saturated rings. The molecule has 1 atom stereocenters. The van der Waals surface area contributed by atoms with E-state index in [4.69, 9.17) is 16.7 Å². The average molecular weight is 256 g/mol. The van der Waals surface area contributed by atoms with E-state index >= 15 is 0 Å². The van der Waals surface area contributed by atoms with Gasteiger partial charge in [0.1, 0.15) is 4.21 Å². The maximum absolute atomic E-state index is 11.5. The molecule has 0 spiro atoms. The fraction of sp³-hybridized carbons (Fsp3) is 0.429. The highest BCUT2D eigenvalue weighted by atomic mass is 35.5. The van der Waals surface area contributed by atoms with Crippen molar-refractivity contribution >= 4 is 33.0 Å². The lowest BCUT2D eigenvalue weighted by atomic mass is 10.4. The van der Waals surface area contributed by atoms with Gasteiger partial charge in [0.05, 0.1) is 10.9 Å². The minimum atomic E-state index is -3.53. The lowest BCUT2D eigenvalue weighted by molar-refractivity contribution is 0.265. The van der Waals surface area contributed by atoms with E-state index in [0.29, 0.717) is 4.34 Å². The fourth-order valence-electron chi connectivity index (χ4n) is 0.802. The third kappa shape index (κ3) is 2.93. The van der Waals surface area contributed by atoms with Gasteiger partial charge in [0.2, 0.25) is 10.0 Å². The van der Waals surface area contributed by atoms with Crippen LogP contribution in [0.5, 0.6) is 0 Å². The first-order valence-corrected chi connectivity index (χ1v) is 6.52. The van der Waals surface area contributed by atoms with Gasteiger partial charge in [-0.2, -0.15) is 0 Å². The lowest BCUT2D eigenvalue weighted by Gasteiger charge is -2.09. The standard InChI is InChI=1S/C7H10ClNO3S2/c1-5(4-10)9-14(11,12)7-3-2-6(8)13-7/h2-3,5,9-10H,4H2,1H3/t5-/m0/s1. The van der Waals surface area contributed by atoms with Gasteiger partial charge in [0.15, 0.2) is 0 Å². The number of aliphatic hydroxyl groups excluding tert-OH is 1. The van der Waals surface area contributed by atoms with E-state index in [1.807, 2.05) is 0 Å². The summed E-state index contributed by atoms with van der Waals surface area (Å²) in [5.41, 5.74) is 0. The van der Waals surface area contributed by atoms with Crippen LogP contribution in [0.25, 0.3) is 0 Å². The number of aliphatic hydroxyl groups is 1. The summed E-state index contributed by atoms with van der Waals surface area (Å²) < 4.78 is 26.0. The van der Waals surface area contributed by atoms with E-state index in [1.165, 1.54) is 12.1 Å². The van der Waals surface area contributed by atoms with Crippen molar-refractivity contribution in [3.05, 3.63) is 16.5 Å². The van der Waals surface area contributed by atoms with Crippen LogP contribution in [0, 0.1) is 0 Å². The van der Waals surface area contributed by atoms with Gasteiger partial charge in [-0.1, -0.05) is 11.6 Å². The normalized spacial score (nSPS) is 14.2. The molecule has 80 valence electrons. The summed E-state index contributed by atoms with van der Waals surface area (Å²) in [5, 5.41) is 8.70. The molecule has 14 heavy (non-hydrogen) atoms. The van der Waals surface area contributed by atoms with Gasteiger partial charge >= 0.3 is 0 Å². The zero-order valence-electron chi connectivity index (χ0n) is 7.40. The van der Waals surface area contributed by atoms with Crippen molar-refractivity contribution < 1.29 is 13.5 Å². The highest BCUT2D eigenvalue weighted by Gasteiger charge is 2.18. The zero-order valence-corrected chi connectivity index (χ0v) is 9.79. The average Bonchev–Trinajstić information content (AvgIpc) is 2.51. The number of sulfonamides is 1. The van der Waals surface area contributed by atoms with Crippen molar-refractivity contribution in [2.24, 2.45) is 0 Å². The zero-order chi connectivity index (χ0) is 10.8. The van der Waals surface area contributed by atoms with E-state index in [9.17, 15) is 8.42 Å². The van der Waals surface area contributed by atoms with E-state index in [-0.39, 0.29) is 10.8 Å². The van der Waals surface area contributed by atoms with Crippen LogP contribution in [0.1, 0.15) is 6.92 Å². The second-order valence-electron chi connectivity index (χ2n) is 2.76. The number of halogens is 1. The Bertz CT molecular complexity index is 401. The monoisotopic (exact) mass is 255 g/mol. The topological polar surface area (TPSA) is 66.4 Å². The van der Waals surface area contributed by atoms with Crippen molar-refractivity contribution in [2.45, 2.75) is 17.2 Å². The molecule has 0 amide bonds. The molecule has 1 rings (SSSR count). The first kappa shape index (κ1) is 11.9. The molecule has 0 bridgehead atoms. The molecule has 0 saturated carbocycles. The summed E-state index contributed by atoms with van der Waals surface area (Å²) in [6.45, 7) is 1.34. The molecule has 0 aliphatic carbocycles. The fourth-order valence-corrected chi connectivity index (χ4v) is 3.54. The van der Waals surface area contributed by atoms with Gasteiger partial charge in [0.25, 0.3) is 0 Å². The Balaban J connectivity index is 2.86. The molecule has 0 saturated heterocycles. The van der Waals surface area contributed by atoms with Crippen molar-refractivity contribution in [2.75, 3.05) is 6.61 Å². The Hall–Kier alpha value is -0.140. The van der Waals surface area contributed by atoms with Crippen LogP contribution in [-0.2, 0) is 10.0 Å². The predicted molar refractivity (Wildman–Crippen MR) is 56.2 cm³/mol. The van der Waals surface area contributed by atoms with E-state index in [2.05, 4.69) is 4.72 Å². The molecule has 1 aromatic rings. The Morgan fingerprint density at radius 3 is 2.71 bits per heavy atom. The SMILES string of the molecule is C[C@@H](CO)NS(=O)(=O)c1ccc(Cl)s1. The van der Waals surface area contributed by atoms with Crippen LogP contribution in [0.15, 0.2) is 16.3 Å². The number of nitrogens with one attached hydrogen (secondary N) is 1. The van der Waals surface area contributed by atoms with Gasteiger partial charge in [-0.15, -0.1) is 11.3 Å². The van der Waals surface area contributed by atoms with Crippen LogP contribution in [0.2, 0.25) is 4.34 Å². The minimum Gasteiger partial charge on any atom is -0.395 e. The molecule has 7 heteroatoms. The van der Waals surface area contributed by atoms with Crippen molar-refractivity contribution in [1.29, 1.82) is 0 Å². The van der Waals surface area contributed by atoms with Crippen LogP contribution >= 0.6 is 22.9 Å². The van der Waals surface area contributed by atoms with Crippen LogP contribution in [0.3, 0.4) is 0 Å². The molecule has 0 aliphatic heterocycles. The van der Waals surface area contributed by atoms with Crippen LogP contribution < -0.4 is 4.72 Å². The molecule has 2 N–H and O–H groups in total. The van der Waals surface area contributed by atoms with Gasteiger partial charge in [0, 0.05) is 6.04 Å². The highest BCUT2D eigenvalue weighted by Crippen LogP contribution is 2.25. The first-order valence-electron chi connectivity index (χ1n) is 3.84. The number of hydrogen-bond donors (Lipinski definition) is 2. The molecule has 0 aliphatic rings. The molecule has 0 radical (unpaired) electrons. The summed E-state index contributed by atoms with van der Waals surface area (Å²) in [7, 11) is -3.53. The number of thiophene rings is 1. The largest absolute Gasteiger partial charge is 0.395 e. The summed E-state index contributed by atoms with van der Waals surface area (Å²) in [6, 6.07) is 2.45. The van der Waals surface area contributed by atoms with E-state index < -0.39 is 16.1 Å². The lowest BCUT2D eigenvalue weighted by Crippen LogP contribution is -2.34. The summed E-state index contributed by atoms with van der Waals surface area (Å²) in [6.07, 6.45) is 0. The summed E-state index contributed by atoms with van der Waals surface area (Å²) in [4.78, 5) is 0. The Morgan fingerprint density at radius 2 is 2.29 bits per heavy atom. The van der Waals surface area contributed by atoms with E-state index in [0.717, 1.165) is 11.3 Å². The highest BCUT2D eigenvalue weighted by molar-refractivity contribution is 7.91. The van der Waals surface area contributed by atoms with Gasteiger partial charge in [-0.3, -0.25) is 0 Å². The summed E-state index contributed by atoms with van der Waals surface area (Å²) >= 11 is 6.59. The van der Waals surface area contributed by atoms with E-state index in [1.54, 1.807) is 6.92 Å². The minimum absolute atomic E-state index is 0.155. The van der Waals surface area contributed by atoms with Gasteiger partial charge in [-0.05, 0) is 19.1 Å². The van der Waals surface area contributed by atoms with Crippen molar-refractivity contribution in [1.82, 2.24) is 4.72 Å². The smallest absolute Gasteiger partial charge is 0.250 e. The van der Waals surface area contributed by atoms with Crippen molar-refractivity contribution in [3.8, 4) is 0 Å². The number of rotatable bonds is 4. The van der Waals surface area contributed by atoms with Crippen LogP contribution in [-0.4, -0.2) is 26.2 Å². The third-order valence-electron chi connectivity index (χ3n) is 1.44. The first-order chi connectivity index (χ1) is 6.45. The molecule has 1 heterocycles. The van der Waals surface area contributed by atoms with Gasteiger partial charge < -0.3 is 5.11 Å². The van der Waals surface area contributed by atoms with Crippen molar-refractivity contribution in [3.63, 3.8) is 0 Å². The second-order valence-corrected chi connectivity index (χ2v) is 6.42. The molecule has 4 nitrogen and oxygen atoms in total. The molecular formula is C7H10ClNO3S2. The molecule has 0 aromatic carbocycles. The molecule has 0 unspecified atom stereocenters. The van der Waals surface area contributed by atoms with Crippen LogP contribution in [0.4, 0.5) is 0 Å². The molecule has 1 aromatic heterocycles. The maximum atomic E-state index is 11.5. The summed E-state index contributed by atoms with van der Waals surface area (Å²) in [5.74, 6) is 0.